The van der Waals surface area contributed by atoms with Crippen LogP contribution >= 0.6 is 11.6 Å². The first-order valence-electron chi connectivity index (χ1n) is 20.5. The number of esters is 2. The van der Waals surface area contributed by atoms with Crippen molar-refractivity contribution in [2.24, 2.45) is 56.7 Å². The first kappa shape index (κ1) is 40.9. The van der Waals surface area contributed by atoms with E-state index in [1.165, 1.54) is 12.5 Å². The monoisotopic (exact) mass is 765 g/mol. The smallest absolute Gasteiger partial charge is 0.309 e. The van der Waals surface area contributed by atoms with Gasteiger partial charge in [0.15, 0.2) is 5.78 Å². The van der Waals surface area contributed by atoms with E-state index in [0.717, 1.165) is 62.5 Å². The predicted molar refractivity (Wildman–Crippen MR) is 209 cm³/mol. The van der Waals surface area contributed by atoms with Gasteiger partial charge in [0.05, 0.1) is 11.8 Å². The summed E-state index contributed by atoms with van der Waals surface area (Å²) in [7, 11) is 0. The molecule has 2 N–H and O–H groups in total. The fourth-order valence-corrected chi connectivity index (χ4v) is 13.0. The standard InChI is InChI=1S/C45H64ClNO7/c1-26(2)38-33(49)22-45(36(53-27(3)48)25-47-24-28-10-12-29(46)13-11-28)21-20-43(8)30-16-17-34-42(6,7)35(54-37(50)23-41(4,5)40(51)52)18-19-44(34,9)31(30)14-15-32(43)39(38)45/h10-13,26,30-32,34-36,47H,14-25H2,1-9H3,(H,51,52)/t30-,31+,32-,34+,35+,36-,43+,44-,45+/m1/s1. The second kappa shape index (κ2) is 14.7. The van der Waals surface area contributed by atoms with Crippen LogP contribution in [-0.2, 0) is 35.2 Å². The summed E-state index contributed by atoms with van der Waals surface area (Å²) in [5.41, 5.74) is 1.51. The molecule has 8 nitrogen and oxygen atoms in total. The molecule has 9 atom stereocenters. The molecule has 0 radical (unpaired) electrons. The summed E-state index contributed by atoms with van der Waals surface area (Å²) in [4.78, 5) is 51.8. The topological polar surface area (TPSA) is 119 Å². The van der Waals surface area contributed by atoms with E-state index >= 15 is 0 Å². The minimum absolute atomic E-state index is 0.00781. The van der Waals surface area contributed by atoms with Gasteiger partial charge in [-0.05, 0) is 134 Å². The maximum absolute atomic E-state index is 14.2. The van der Waals surface area contributed by atoms with Gasteiger partial charge in [0.2, 0.25) is 0 Å². The van der Waals surface area contributed by atoms with Crippen LogP contribution < -0.4 is 5.32 Å². The molecule has 4 saturated carbocycles. The van der Waals surface area contributed by atoms with Crippen LogP contribution in [0.2, 0.25) is 5.02 Å². The highest BCUT2D eigenvalue weighted by atomic mass is 35.5. The summed E-state index contributed by atoms with van der Waals surface area (Å²) < 4.78 is 12.4. The van der Waals surface area contributed by atoms with Crippen molar-refractivity contribution in [2.75, 3.05) is 6.54 Å². The van der Waals surface area contributed by atoms with E-state index < -0.39 is 28.9 Å². The third kappa shape index (κ3) is 6.98. The number of nitrogens with one attached hydrogen (secondary N) is 1. The van der Waals surface area contributed by atoms with Gasteiger partial charge in [0.1, 0.15) is 12.2 Å². The lowest BCUT2D eigenvalue weighted by atomic mass is 9.37. The third-order valence-corrected chi connectivity index (χ3v) is 15.8. The minimum Gasteiger partial charge on any atom is -0.481 e. The number of hydrogen-bond acceptors (Lipinski definition) is 7. The number of fused-ring (bicyclic) bond motifs is 7. The molecule has 6 rings (SSSR count). The molecule has 298 valence electrons. The maximum atomic E-state index is 14.2. The molecule has 0 aromatic heterocycles. The summed E-state index contributed by atoms with van der Waals surface area (Å²) in [6, 6.07) is 7.76. The summed E-state index contributed by atoms with van der Waals surface area (Å²) in [5.74, 6) is 0.185. The van der Waals surface area contributed by atoms with E-state index in [2.05, 4.69) is 46.9 Å². The van der Waals surface area contributed by atoms with E-state index in [-0.39, 0.29) is 52.4 Å². The van der Waals surface area contributed by atoms with E-state index in [1.807, 2.05) is 24.3 Å². The Morgan fingerprint density at radius 2 is 1.59 bits per heavy atom. The number of allylic oxidation sites excluding steroid dienone is 1. The second-order valence-electron chi connectivity index (χ2n) is 19.8. The Labute approximate surface area is 327 Å². The Hall–Kier alpha value is -2.71. The van der Waals surface area contributed by atoms with Crippen molar-refractivity contribution in [1.82, 2.24) is 5.32 Å². The molecule has 0 unspecified atom stereocenters. The molecule has 1 aromatic carbocycles. The van der Waals surface area contributed by atoms with Crippen LogP contribution in [0.4, 0.5) is 0 Å². The number of carbonyl (C=O) groups is 4. The Balaban J connectivity index is 1.27. The molecule has 0 aliphatic heterocycles. The van der Waals surface area contributed by atoms with Gasteiger partial charge >= 0.3 is 17.9 Å². The molecule has 9 heteroatoms. The Bertz CT molecular complexity index is 1680. The summed E-state index contributed by atoms with van der Waals surface area (Å²) in [6.07, 6.45) is 7.33. The fraction of sp³-hybridized carbons (Fsp3) is 0.733. The highest BCUT2D eigenvalue weighted by Gasteiger charge is 2.67. The van der Waals surface area contributed by atoms with E-state index in [1.54, 1.807) is 13.8 Å². The number of carbonyl (C=O) groups excluding carboxylic acids is 3. The molecular formula is C45H64ClNO7. The number of benzene rings is 1. The van der Waals surface area contributed by atoms with E-state index in [4.69, 9.17) is 21.1 Å². The second-order valence-corrected chi connectivity index (χ2v) is 20.2. The van der Waals surface area contributed by atoms with Gasteiger partial charge in [-0.15, -0.1) is 0 Å². The van der Waals surface area contributed by atoms with Gasteiger partial charge in [-0.3, -0.25) is 19.2 Å². The zero-order valence-corrected chi connectivity index (χ0v) is 34.9. The lowest BCUT2D eigenvalue weighted by Crippen LogP contribution is -2.62. The van der Waals surface area contributed by atoms with Crippen LogP contribution in [-0.4, -0.2) is 47.6 Å². The lowest BCUT2D eigenvalue weighted by molar-refractivity contribution is -0.206. The minimum atomic E-state index is -1.17. The van der Waals surface area contributed by atoms with Crippen LogP contribution in [0.25, 0.3) is 0 Å². The third-order valence-electron chi connectivity index (χ3n) is 15.6. The number of ketones is 1. The molecule has 5 aliphatic carbocycles. The molecule has 4 fully saturated rings. The Morgan fingerprint density at radius 3 is 2.22 bits per heavy atom. The number of Topliss-reactive ketones (excluding diaryl/α,β-unsaturated/α-hetero) is 1. The van der Waals surface area contributed by atoms with Crippen LogP contribution in [0.3, 0.4) is 0 Å². The number of carboxylic acid groups (broad SMARTS) is 1. The number of aliphatic carboxylic acids is 1. The summed E-state index contributed by atoms with van der Waals surface area (Å²) in [5, 5.41) is 13.9. The Kier molecular flexibility index (Phi) is 11.1. The molecule has 1 aromatic rings. The first-order valence-corrected chi connectivity index (χ1v) is 20.9. The largest absolute Gasteiger partial charge is 0.481 e. The van der Waals surface area contributed by atoms with Crippen molar-refractivity contribution in [3.63, 3.8) is 0 Å². The number of hydrogen-bond donors (Lipinski definition) is 2. The highest BCUT2D eigenvalue weighted by Crippen LogP contribution is 2.73. The van der Waals surface area contributed by atoms with Crippen molar-refractivity contribution < 1.29 is 33.8 Å². The SMILES string of the molecule is CC(=O)O[C@H](CNCc1ccc(Cl)cc1)[C@@]12CC[C@]3(C)[C@H](CC[C@H]4[C@H]3CC[C@H]3C(C)(C)[C@@H](OC(=O)CC(C)(C)C(=O)O)CC[C@]43C)C1=C(C(C)C)C(=O)C2. The van der Waals surface area contributed by atoms with E-state index in [0.29, 0.717) is 42.3 Å². The Morgan fingerprint density at radius 1 is 0.944 bits per heavy atom. The predicted octanol–water partition coefficient (Wildman–Crippen LogP) is 9.36. The maximum Gasteiger partial charge on any atom is 0.309 e. The highest BCUT2D eigenvalue weighted by molar-refractivity contribution is 6.30. The lowest BCUT2D eigenvalue weighted by Gasteiger charge is -2.68. The van der Waals surface area contributed by atoms with Gasteiger partial charge in [0, 0.05) is 42.3 Å². The van der Waals surface area contributed by atoms with Gasteiger partial charge < -0.3 is 19.9 Å². The average Bonchev–Trinajstić information content (AvgIpc) is 3.39. The van der Waals surface area contributed by atoms with Crippen LogP contribution in [0.5, 0.6) is 0 Å². The van der Waals surface area contributed by atoms with Gasteiger partial charge in [-0.1, -0.05) is 65.3 Å². The number of carboxylic acids is 1. The van der Waals surface area contributed by atoms with Gasteiger partial charge in [0.25, 0.3) is 0 Å². The van der Waals surface area contributed by atoms with Crippen LogP contribution in [0.15, 0.2) is 35.4 Å². The number of rotatable bonds is 11. The van der Waals surface area contributed by atoms with Crippen molar-refractivity contribution in [2.45, 2.75) is 145 Å². The molecule has 0 amide bonds. The zero-order valence-electron chi connectivity index (χ0n) is 34.1. The average molecular weight is 766 g/mol. The van der Waals surface area contributed by atoms with E-state index in [9.17, 15) is 24.3 Å². The molecule has 0 heterocycles. The van der Waals surface area contributed by atoms with Gasteiger partial charge in [-0.25, -0.2) is 0 Å². The van der Waals surface area contributed by atoms with Crippen molar-refractivity contribution in [1.29, 1.82) is 0 Å². The van der Waals surface area contributed by atoms with Crippen molar-refractivity contribution >= 4 is 35.3 Å². The zero-order chi connectivity index (χ0) is 39.6. The normalized spacial score (nSPS) is 35.0. The van der Waals surface area contributed by atoms with Crippen LogP contribution in [0.1, 0.15) is 132 Å². The molecule has 0 spiro atoms. The van der Waals surface area contributed by atoms with Crippen molar-refractivity contribution in [3.05, 3.63) is 46.0 Å². The van der Waals surface area contributed by atoms with Crippen molar-refractivity contribution in [3.8, 4) is 0 Å². The number of halogens is 1. The van der Waals surface area contributed by atoms with Gasteiger partial charge in [-0.2, -0.15) is 0 Å². The van der Waals surface area contributed by atoms with Crippen LogP contribution in [0, 0.1) is 56.7 Å². The summed E-state index contributed by atoms with van der Waals surface area (Å²) in [6.45, 7) is 19.5. The fourth-order valence-electron chi connectivity index (χ4n) is 12.9. The molecular weight excluding hydrogens is 702 g/mol. The molecule has 0 saturated heterocycles. The first-order chi connectivity index (χ1) is 25.2. The summed E-state index contributed by atoms with van der Waals surface area (Å²) >= 11 is 6.13. The molecule has 0 bridgehead atoms. The molecule has 54 heavy (non-hydrogen) atoms. The quantitative estimate of drug-likeness (QED) is 0.214. The number of ether oxygens (including phenoxy) is 2. The molecule has 5 aliphatic rings.